The van der Waals surface area contributed by atoms with Crippen molar-refractivity contribution in [3.8, 4) is 5.75 Å². The molecule has 0 aromatic heterocycles. The first-order chi connectivity index (χ1) is 20.9. The van der Waals surface area contributed by atoms with Crippen LogP contribution in [0.15, 0.2) is 35.9 Å². The van der Waals surface area contributed by atoms with E-state index in [2.05, 4.69) is 6.92 Å². The number of esters is 2. The Balaban J connectivity index is 1.12. The molecule has 1 spiro atoms. The van der Waals surface area contributed by atoms with Crippen LogP contribution in [0.5, 0.6) is 5.75 Å². The molecule has 4 fully saturated rings. The van der Waals surface area contributed by atoms with Gasteiger partial charge in [-0.25, -0.2) is 0 Å². The highest BCUT2D eigenvalue weighted by atomic mass is 16.6. The quantitative estimate of drug-likeness (QED) is 0.309. The molecule has 9 atom stereocenters. The van der Waals surface area contributed by atoms with Gasteiger partial charge in [0.25, 0.3) is 0 Å². The summed E-state index contributed by atoms with van der Waals surface area (Å²) >= 11 is 0. The standard InChI is InChI=1S/C34H40O10/c1-18(35)43-23-6-3-19(4-7-23)20(13-29(38)39)14-30(40)42-17-27(37)26-10-9-25-24-8-5-21-15-22(36)11-12-33(21,2)31(24)28-16-34(25,26)32(41)44-28/h3-4,6-7,15,20,24-26,28,31-32,41H,5,8-14,16-17H2,1-2H3,(H,38,39)/t20?,24-,25-,26+,28-,31+,32?,33-,34+/m0/s1. The van der Waals surface area contributed by atoms with Gasteiger partial charge in [-0.2, -0.15) is 0 Å². The minimum atomic E-state index is -1.08. The SMILES string of the molecule is CC(=O)Oc1ccc(C(CC(=O)O)CC(=O)OCC(=O)[C@H]2CC[C@H]3[C@@H]4CCC5=CC(=O)CC[C@]5(C)[C@H]4[C@@H]4C[C@]23C(O)O4)cc1. The van der Waals surface area contributed by atoms with Gasteiger partial charge in [0.2, 0.25) is 0 Å². The smallest absolute Gasteiger partial charge is 0.308 e. The van der Waals surface area contributed by atoms with E-state index in [1.54, 1.807) is 12.1 Å². The Morgan fingerprint density at radius 3 is 2.52 bits per heavy atom. The summed E-state index contributed by atoms with van der Waals surface area (Å²) < 4.78 is 16.7. The zero-order chi connectivity index (χ0) is 31.4. The minimum Gasteiger partial charge on any atom is -0.481 e. The second-order valence-corrected chi connectivity index (χ2v) is 13.7. The number of aliphatic carboxylic acids is 1. The highest BCUT2D eigenvalue weighted by molar-refractivity contribution is 5.91. The topological polar surface area (TPSA) is 154 Å². The number of carbonyl (C=O) groups is 5. The lowest BCUT2D eigenvalue weighted by Crippen LogP contribution is -2.55. The van der Waals surface area contributed by atoms with Crippen LogP contribution in [0, 0.1) is 34.5 Å². The average molecular weight is 609 g/mol. The number of Topliss-reactive ketones (excluding diaryl/α,β-unsaturated/α-hetero) is 1. The lowest BCUT2D eigenvalue weighted by molar-refractivity contribution is -0.163. The first kappa shape index (κ1) is 30.6. The van der Waals surface area contributed by atoms with Crippen LogP contribution in [0.3, 0.4) is 0 Å². The zero-order valence-corrected chi connectivity index (χ0v) is 25.2. The lowest BCUT2D eigenvalue weighted by Gasteiger charge is -2.57. The van der Waals surface area contributed by atoms with Gasteiger partial charge in [-0.1, -0.05) is 24.6 Å². The first-order valence-corrected chi connectivity index (χ1v) is 15.7. The van der Waals surface area contributed by atoms with Crippen molar-refractivity contribution in [3.05, 3.63) is 41.5 Å². The molecule has 5 aliphatic rings. The van der Waals surface area contributed by atoms with Gasteiger partial charge in [-0.15, -0.1) is 0 Å². The van der Waals surface area contributed by atoms with Crippen molar-refractivity contribution in [1.29, 1.82) is 0 Å². The fourth-order valence-electron chi connectivity index (χ4n) is 9.70. The highest BCUT2D eigenvalue weighted by Gasteiger charge is 2.71. The number of ketones is 2. The summed E-state index contributed by atoms with van der Waals surface area (Å²) in [7, 11) is 0. The molecule has 1 aromatic rings. The van der Waals surface area contributed by atoms with E-state index in [1.165, 1.54) is 24.6 Å². The predicted octanol–water partition coefficient (Wildman–Crippen LogP) is 4.13. The summed E-state index contributed by atoms with van der Waals surface area (Å²) in [5.41, 5.74) is 0.904. The van der Waals surface area contributed by atoms with Gasteiger partial charge in [0, 0.05) is 30.6 Å². The molecule has 4 aliphatic carbocycles. The van der Waals surface area contributed by atoms with E-state index in [0.717, 1.165) is 25.7 Å². The Morgan fingerprint density at radius 2 is 1.82 bits per heavy atom. The van der Waals surface area contributed by atoms with E-state index in [9.17, 15) is 34.2 Å². The third-order valence-electron chi connectivity index (χ3n) is 11.5. The Hall–Kier alpha value is -3.37. The number of carboxylic acid groups (broad SMARTS) is 1. The number of carbonyl (C=O) groups excluding carboxylic acids is 4. The molecule has 44 heavy (non-hydrogen) atoms. The Morgan fingerprint density at radius 1 is 1.07 bits per heavy atom. The summed E-state index contributed by atoms with van der Waals surface area (Å²) in [5, 5.41) is 20.8. The number of aliphatic hydroxyl groups is 1. The summed E-state index contributed by atoms with van der Waals surface area (Å²) in [6.07, 6.45) is 5.01. The van der Waals surface area contributed by atoms with E-state index < -0.39 is 48.1 Å². The molecular weight excluding hydrogens is 568 g/mol. The van der Waals surface area contributed by atoms with E-state index in [1.807, 2.05) is 6.08 Å². The fraction of sp³-hybridized carbons (Fsp3) is 0.618. The molecule has 0 radical (unpaired) electrons. The van der Waals surface area contributed by atoms with Crippen LogP contribution in [-0.2, 0) is 33.4 Å². The molecule has 2 unspecified atom stereocenters. The maximum absolute atomic E-state index is 13.7. The van der Waals surface area contributed by atoms with Crippen LogP contribution in [0.4, 0.5) is 0 Å². The van der Waals surface area contributed by atoms with Gasteiger partial charge in [0.15, 0.2) is 17.9 Å². The van der Waals surface area contributed by atoms with Gasteiger partial charge >= 0.3 is 17.9 Å². The molecule has 3 saturated carbocycles. The van der Waals surface area contributed by atoms with Crippen molar-refractivity contribution in [2.75, 3.05) is 6.61 Å². The summed E-state index contributed by atoms with van der Waals surface area (Å²) in [4.78, 5) is 61.5. The number of benzene rings is 1. The van der Waals surface area contributed by atoms with Crippen molar-refractivity contribution in [2.24, 2.45) is 34.5 Å². The number of fused-ring (bicyclic) bond motifs is 6. The fourth-order valence-corrected chi connectivity index (χ4v) is 9.70. The predicted molar refractivity (Wildman–Crippen MR) is 154 cm³/mol. The molecule has 1 heterocycles. The number of hydrogen-bond acceptors (Lipinski definition) is 9. The van der Waals surface area contributed by atoms with E-state index in [0.29, 0.717) is 30.6 Å². The molecule has 1 saturated heterocycles. The molecule has 10 nitrogen and oxygen atoms in total. The van der Waals surface area contributed by atoms with Gasteiger partial charge in [0.1, 0.15) is 12.4 Å². The average Bonchev–Trinajstić information content (AvgIpc) is 3.49. The Labute approximate surface area is 256 Å². The lowest BCUT2D eigenvalue weighted by atomic mass is 9.46. The highest BCUT2D eigenvalue weighted by Crippen LogP contribution is 2.71. The van der Waals surface area contributed by atoms with E-state index >= 15 is 0 Å². The number of carboxylic acids is 1. The largest absolute Gasteiger partial charge is 0.481 e. The summed E-state index contributed by atoms with van der Waals surface area (Å²) in [6.45, 7) is 3.07. The molecule has 2 N–H and O–H groups in total. The van der Waals surface area contributed by atoms with Crippen molar-refractivity contribution >= 4 is 29.5 Å². The summed E-state index contributed by atoms with van der Waals surface area (Å²) in [5.74, 6) is -2.62. The Kier molecular flexibility index (Phi) is 8.03. The number of allylic oxidation sites excluding steroid dienone is 1. The number of rotatable bonds is 9. The van der Waals surface area contributed by atoms with Crippen LogP contribution < -0.4 is 4.74 Å². The van der Waals surface area contributed by atoms with Crippen molar-refractivity contribution in [3.63, 3.8) is 0 Å². The molecule has 236 valence electrons. The molecule has 10 heteroatoms. The van der Waals surface area contributed by atoms with Crippen LogP contribution in [0.25, 0.3) is 0 Å². The van der Waals surface area contributed by atoms with Gasteiger partial charge in [-0.3, -0.25) is 24.0 Å². The van der Waals surface area contributed by atoms with Gasteiger partial charge < -0.3 is 24.4 Å². The molecular formula is C34H40O10. The van der Waals surface area contributed by atoms with Crippen molar-refractivity contribution in [1.82, 2.24) is 0 Å². The van der Waals surface area contributed by atoms with Crippen molar-refractivity contribution < 1.29 is 48.4 Å². The Bertz CT molecular complexity index is 1400. The second kappa shape index (κ2) is 11.5. The van der Waals surface area contributed by atoms with Crippen molar-refractivity contribution in [2.45, 2.75) is 89.9 Å². The summed E-state index contributed by atoms with van der Waals surface area (Å²) in [6, 6.07) is 6.27. The number of ether oxygens (including phenoxy) is 3. The molecule has 1 aromatic carbocycles. The van der Waals surface area contributed by atoms with Crippen LogP contribution in [0.2, 0.25) is 0 Å². The number of hydrogen-bond donors (Lipinski definition) is 2. The maximum atomic E-state index is 13.7. The minimum absolute atomic E-state index is 0.108. The van der Waals surface area contributed by atoms with Gasteiger partial charge in [-0.05, 0) is 85.5 Å². The molecule has 2 bridgehead atoms. The molecule has 0 amide bonds. The molecule has 6 rings (SSSR count). The van der Waals surface area contributed by atoms with E-state index in [-0.39, 0.29) is 53.7 Å². The first-order valence-electron chi connectivity index (χ1n) is 15.7. The van der Waals surface area contributed by atoms with Crippen LogP contribution in [-0.4, -0.2) is 58.7 Å². The third-order valence-corrected chi connectivity index (χ3v) is 11.5. The third kappa shape index (κ3) is 5.19. The van der Waals surface area contributed by atoms with Crippen LogP contribution in [0.1, 0.15) is 83.1 Å². The monoisotopic (exact) mass is 608 g/mol. The van der Waals surface area contributed by atoms with E-state index in [4.69, 9.17) is 14.2 Å². The second-order valence-electron chi connectivity index (χ2n) is 13.7. The zero-order valence-electron chi connectivity index (χ0n) is 25.2. The van der Waals surface area contributed by atoms with Crippen LogP contribution >= 0.6 is 0 Å². The maximum Gasteiger partial charge on any atom is 0.308 e. The molecule has 1 aliphatic heterocycles. The van der Waals surface area contributed by atoms with Gasteiger partial charge in [0.05, 0.1) is 18.9 Å². The normalized spacial score (nSPS) is 35.9. The number of aliphatic hydroxyl groups excluding tert-OH is 1.